The second kappa shape index (κ2) is 4.65. The fraction of sp³-hybridized carbons (Fsp3) is 0.643. The SMILES string of the molecule is CC(=O)C(C)(C)CN(Cc1ccco1)C1CC1. The summed E-state index contributed by atoms with van der Waals surface area (Å²) in [6.07, 6.45) is 4.19. The normalized spacial score (nSPS) is 16.5. The zero-order chi connectivity index (χ0) is 12.5. The van der Waals surface area contributed by atoms with Crippen LogP contribution in [0.1, 0.15) is 39.4 Å². The van der Waals surface area contributed by atoms with Crippen LogP contribution in [0.25, 0.3) is 0 Å². The van der Waals surface area contributed by atoms with E-state index in [1.165, 1.54) is 12.8 Å². The standard InChI is InChI=1S/C14H21NO2/c1-11(16)14(2,3)10-15(12-6-7-12)9-13-5-4-8-17-13/h4-5,8,12H,6-7,9-10H2,1-3H3. The average Bonchev–Trinajstić information content (AvgIpc) is 2.97. The van der Waals surface area contributed by atoms with Gasteiger partial charge in [0.05, 0.1) is 12.8 Å². The van der Waals surface area contributed by atoms with E-state index in [9.17, 15) is 4.79 Å². The highest BCUT2D eigenvalue weighted by molar-refractivity contribution is 5.81. The maximum absolute atomic E-state index is 11.6. The molecule has 2 rings (SSSR count). The van der Waals surface area contributed by atoms with Crippen molar-refractivity contribution < 1.29 is 9.21 Å². The van der Waals surface area contributed by atoms with Gasteiger partial charge in [-0.15, -0.1) is 0 Å². The van der Waals surface area contributed by atoms with Gasteiger partial charge >= 0.3 is 0 Å². The number of carbonyl (C=O) groups is 1. The Morgan fingerprint density at radius 2 is 2.24 bits per heavy atom. The van der Waals surface area contributed by atoms with Crippen LogP contribution in [0.2, 0.25) is 0 Å². The lowest BCUT2D eigenvalue weighted by molar-refractivity contribution is -0.126. The van der Waals surface area contributed by atoms with Crippen molar-refractivity contribution >= 4 is 5.78 Å². The van der Waals surface area contributed by atoms with E-state index in [1.54, 1.807) is 13.2 Å². The number of carbonyl (C=O) groups excluding carboxylic acids is 1. The van der Waals surface area contributed by atoms with Gasteiger partial charge in [0.2, 0.25) is 0 Å². The van der Waals surface area contributed by atoms with Crippen molar-refractivity contribution in [1.82, 2.24) is 4.90 Å². The van der Waals surface area contributed by atoms with Gasteiger partial charge in [-0.1, -0.05) is 13.8 Å². The largest absolute Gasteiger partial charge is 0.468 e. The van der Waals surface area contributed by atoms with Crippen LogP contribution in [0, 0.1) is 5.41 Å². The van der Waals surface area contributed by atoms with Crippen LogP contribution in [0.5, 0.6) is 0 Å². The molecule has 0 amide bonds. The summed E-state index contributed by atoms with van der Waals surface area (Å²) >= 11 is 0. The molecule has 0 atom stereocenters. The molecule has 0 aromatic carbocycles. The molecular formula is C14H21NO2. The molecule has 0 bridgehead atoms. The first kappa shape index (κ1) is 12.4. The number of nitrogens with zero attached hydrogens (tertiary/aromatic N) is 1. The summed E-state index contributed by atoms with van der Waals surface area (Å²) < 4.78 is 5.39. The Labute approximate surface area is 103 Å². The first-order valence-corrected chi connectivity index (χ1v) is 6.26. The van der Waals surface area contributed by atoms with E-state index in [2.05, 4.69) is 4.90 Å². The van der Waals surface area contributed by atoms with Gasteiger partial charge < -0.3 is 4.42 Å². The smallest absolute Gasteiger partial charge is 0.136 e. The fourth-order valence-electron chi connectivity index (χ4n) is 1.98. The summed E-state index contributed by atoms with van der Waals surface area (Å²) in [5.41, 5.74) is -0.269. The zero-order valence-electron chi connectivity index (χ0n) is 10.9. The summed E-state index contributed by atoms with van der Waals surface area (Å²) in [4.78, 5) is 14.0. The second-order valence-electron chi connectivity index (χ2n) is 5.66. The maximum Gasteiger partial charge on any atom is 0.136 e. The molecule has 94 valence electrons. The van der Waals surface area contributed by atoms with Crippen molar-refractivity contribution in [3.63, 3.8) is 0 Å². The number of hydrogen-bond acceptors (Lipinski definition) is 3. The molecule has 0 spiro atoms. The molecule has 1 aliphatic rings. The number of furan rings is 1. The number of hydrogen-bond donors (Lipinski definition) is 0. The summed E-state index contributed by atoms with van der Waals surface area (Å²) in [7, 11) is 0. The highest BCUT2D eigenvalue weighted by atomic mass is 16.3. The topological polar surface area (TPSA) is 33.5 Å². The van der Waals surface area contributed by atoms with Gasteiger partial charge in [-0.2, -0.15) is 0 Å². The van der Waals surface area contributed by atoms with Gasteiger partial charge in [0.25, 0.3) is 0 Å². The molecular weight excluding hydrogens is 214 g/mol. The molecule has 3 heteroatoms. The lowest BCUT2D eigenvalue weighted by Gasteiger charge is -2.30. The van der Waals surface area contributed by atoms with Crippen molar-refractivity contribution in [2.45, 2.75) is 46.2 Å². The minimum atomic E-state index is -0.269. The Balaban J connectivity index is 2.00. The summed E-state index contributed by atoms with van der Waals surface area (Å²) in [5.74, 6) is 1.24. The average molecular weight is 235 g/mol. The van der Waals surface area contributed by atoms with Crippen LogP contribution in [0.15, 0.2) is 22.8 Å². The predicted molar refractivity (Wildman–Crippen MR) is 66.6 cm³/mol. The summed E-state index contributed by atoms with van der Waals surface area (Å²) in [6, 6.07) is 4.55. The number of ketones is 1. The second-order valence-corrected chi connectivity index (χ2v) is 5.66. The number of Topliss-reactive ketones (excluding diaryl/α,β-unsaturated/α-hetero) is 1. The predicted octanol–water partition coefficient (Wildman–Crippen LogP) is 2.86. The molecule has 0 radical (unpaired) electrons. The molecule has 1 heterocycles. The van der Waals surface area contributed by atoms with Crippen molar-refractivity contribution in [3.8, 4) is 0 Å². The minimum absolute atomic E-state index is 0.252. The molecule has 0 N–H and O–H groups in total. The Bertz CT molecular complexity index is 377. The highest BCUT2D eigenvalue weighted by Gasteiger charge is 2.35. The lowest BCUT2D eigenvalue weighted by atomic mass is 9.88. The van der Waals surface area contributed by atoms with Crippen LogP contribution >= 0.6 is 0 Å². The molecule has 0 aliphatic heterocycles. The van der Waals surface area contributed by atoms with Crippen LogP contribution in [-0.4, -0.2) is 23.3 Å². The third-order valence-corrected chi connectivity index (χ3v) is 3.55. The van der Waals surface area contributed by atoms with Crippen LogP contribution < -0.4 is 0 Å². The van der Waals surface area contributed by atoms with Gasteiger partial charge in [0.1, 0.15) is 11.5 Å². The first-order chi connectivity index (χ1) is 7.99. The van der Waals surface area contributed by atoms with E-state index in [-0.39, 0.29) is 11.2 Å². The molecule has 17 heavy (non-hydrogen) atoms. The van der Waals surface area contributed by atoms with Gasteiger partial charge in [-0.3, -0.25) is 9.69 Å². The van der Waals surface area contributed by atoms with Crippen LogP contribution in [-0.2, 0) is 11.3 Å². The molecule has 1 saturated carbocycles. The van der Waals surface area contributed by atoms with E-state index in [1.807, 2.05) is 26.0 Å². The Hall–Kier alpha value is -1.09. The Morgan fingerprint density at radius 1 is 1.53 bits per heavy atom. The molecule has 1 aromatic rings. The van der Waals surface area contributed by atoms with E-state index in [4.69, 9.17) is 4.42 Å². The van der Waals surface area contributed by atoms with E-state index in [0.29, 0.717) is 6.04 Å². The summed E-state index contributed by atoms with van der Waals surface area (Å²) in [5, 5.41) is 0. The lowest BCUT2D eigenvalue weighted by Crippen LogP contribution is -2.39. The molecule has 1 aliphatic carbocycles. The molecule has 0 saturated heterocycles. The van der Waals surface area contributed by atoms with Crippen molar-refractivity contribution in [2.75, 3.05) is 6.54 Å². The molecule has 1 fully saturated rings. The van der Waals surface area contributed by atoms with Gasteiger partial charge in [0, 0.05) is 18.0 Å². The van der Waals surface area contributed by atoms with Crippen molar-refractivity contribution in [3.05, 3.63) is 24.2 Å². The van der Waals surface area contributed by atoms with Crippen LogP contribution in [0.4, 0.5) is 0 Å². The first-order valence-electron chi connectivity index (χ1n) is 6.26. The van der Waals surface area contributed by atoms with Crippen molar-refractivity contribution in [1.29, 1.82) is 0 Å². The Morgan fingerprint density at radius 3 is 2.71 bits per heavy atom. The van der Waals surface area contributed by atoms with Crippen LogP contribution in [0.3, 0.4) is 0 Å². The third-order valence-electron chi connectivity index (χ3n) is 3.55. The maximum atomic E-state index is 11.6. The zero-order valence-corrected chi connectivity index (χ0v) is 10.9. The Kier molecular flexibility index (Phi) is 3.38. The van der Waals surface area contributed by atoms with Gasteiger partial charge in [0.15, 0.2) is 0 Å². The van der Waals surface area contributed by atoms with Crippen molar-refractivity contribution in [2.24, 2.45) is 5.41 Å². The molecule has 1 aromatic heterocycles. The quantitative estimate of drug-likeness (QED) is 0.760. The molecule has 0 unspecified atom stereocenters. The number of rotatable bonds is 6. The monoisotopic (exact) mass is 235 g/mol. The van der Waals surface area contributed by atoms with E-state index in [0.717, 1.165) is 18.8 Å². The summed E-state index contributed by atoms with van der Waals surface area (Å²) in [6.45, 7) is 7.35. The van der Waals surface area contributed by atoms with Gasteiger partial charge in [-0.05, 0) is 31.9 Å². The highest BCUT2D eigenvalue weighted by Crippen LogP contribution is 2.31. The third kappa shape index (κ3) is 3.19. The van der Waals surface area contributed by atoms with E-state index < -0.39 is 0 Å². The van der Waals surface area contributed by atoms with Gasteiger partial charge in [-0.25, -0.2) is 0 Å². The minimum Gasteiger partial charge on any atom is -0.468 e. The van der Waals surface area contributed by atoms with E-state index >= 15 is 0 Å². The fourth-order valence-corrected chi connectivity index (χ4v) is 1.98. The molecule has 3 nitrogen and oxygen atoms in total.